The lowest BCUT2D eigenvalue weighted by atomic mass is 10.1. The first-order valence-corrected chi connectivity index (χ1v) is 8.68. The van der Waals surface area contributed by atoms with Crippen LogP contribution >= 0.6 is 0 Å². The van der Waals surface area contributed by atoms with Gasteiger partial charge in [-0.25, -0.2) is 13.9 Å². The van der Waals surface area contributed by atoms with Crippen LogP contribution in [0.3, 0.4) is 0 Å². The number of benzene rings is 1. The van der Waals surface area contributed by atoms with Gasteiger partial charge in [0.05, 0.1) is 11.9 Å². The van der Waals surface area contributed by atoms with E-state index in [1.807, 2.05) is 0 Å². The molecule has 2 aromatic heterocycles. The van der Waals surface area contributed by atoms with Crippen molar-refractivity contribution in [2.45, 2.75) is 6.92 Å². The first-order chi connectivity index (χ1) is 13.0. The van der Waals surface area contributed by atoms with E-state index in [0.29, 0.717) is 37.4 Å². The Morgan fingerprint density at radius 3 is 2.33 bits per heavy atom. The van der Waals surface area contributed by atoms with E-state index in [-0.39, 0.29) is 17.6 Å². The van der Waals surface area contributed by atoms with Crippen molar-refractivity contribution in [1.29, 1.82) is 0 Å². The highest BCUT2D eigenvalue weighted by Crippen LogP contribution is 2.22. The molecule has 8 heteroatoms. The van der Waals surface area contributed by atoms with Crippen molar-refractivity contribution < 1.29 is 14.0 Å². The second-order valence-electron chi connectivity index (χ2n) is 6.43. The van der Waals surface area contributed by atoms with Crippen molar-refractivity contribution in [2.24, 2.45) is 0 Å². The maximum Gasteiger partial charge on any atom is 0.259 e. The van der Waals surface area contributed by atoms with E-state index in [2.05, 4.69) is 10.1 Å². The Bertz CT molecular complexity index is 1010. The number of halogens is 1. The number of hydrogen-bond donors (Lipinski definition) is 0. The largest absolute Gasteiger partial charge is 0.339 e. The molecule has 0 aliphatic carbocycles. The molecule has 7 nitrogen and oxygen atoms in total. The van der Waals surface area contributed by atoms with Gasteiger partial charge in [-0.2, -0.15) is 5.10 Å². The van der Waals surface area contributed by atoms with Gasteiger partial charge in [0.1, 0.15) is 11.4 Å². The van der Waals surface area contributed by atoms with Gasteiger partial charge >= 0.3 is 0 Å². The van der Waals surface area contributed by atoms with Crippen LogP contribution in [-0.2, 0) is 4.79 Å². The summed E-state index contributed by atoms with van der Waals surface area (Å²) in [6, 6.07) is 7.85. The lowest BCUT2D eigenvalue weighted by Gasteiger charge is -2.34. The molecule has 0 unspecified atom stereocenters. The number of carbonyl (C=O) groups is 2. The van der Waals surface area contributed by atoms with Gasteiger partial charge in [-0.15, -0.1) is 0 Å². The van der Waals surface area contributed by atoms with Crippen LogP contribution in [0.2, 0.25) is 0 Å². The van der Waals surface area contributed by atoms with E-state index < -0.39 is 0 Å². The number of fused-ring (bicyclic) bond motifs is 1. The van der Waals surface area contributed by atoms with Gasteiger partial charge in [0, 0.05) is 44.9 Å². The molecule has 1 fully saturated rings. The summed E-state index contributed by atoms with van der Waals surface area (Å²) in [5.74, 6) is -0.453. The van der Waals surface area contributed by atoms with Gasteiger partial charge < -0.3 is 9.80 Å². The molecule has 0 radical (unpaired) electrons. The minimum Gasteiger partial charge on any atom is -0.339 e. The second kappa shape index (κ2) is 6.79. The average Bonchev–Trinajstić information content (AvgIpc) is 3.12. The Balaban J connectivity index is 1.64. The summed E-state index contributed by atoms with van der Waals surface area (Å²) in [4.78, 5) is 32.1. The van der Waals surface area contributed by atoms with Crippen LogP contribution in [0.1, 0.15) is 17.3 Å². The first-order valence-electron chi connectivity index (χ1n) is 8.68. The summed E-state index contributed by atoms with van der Waals surface area (Å²) in [6.07, 6.45) is 3.12. The van der Waals surface area contributed by atoms with Crippen LogP contribution in [0, 0.1) is 5.82 Å². The summed E-state index contributed by atoms with van der Waals surface area (Å²) in [7, 11) is 0. The molecule has 0 spiro atoms. The van der Waals surface area contributed by atoms with Crippen molar-refractivity contribution >= 4 is 17.5 Å². The van der Waals surface area contributed by atoms with Gasteiger partial charge in [-0.3, -0.25) is 9.59 Å². The molecule has 27 heavy (non-hydrogen) atoms. The van der Waals surface area contributed by atoms with Gasteiger partial charge in [0.25, 0.3) is 5.91 Å². The van der Waals surface area contributed by atoms with E-state index >= 15 is 0 Å². The highest BCUT2D eigenvalue weighted by molar-refractivity contribution is 6.00. The Kier molecular flexibility index (Phi) is 4.31. The molecule has 1 aliphatic heterocycles. The molecule has 1 aliphatic rings. The fourth-order valence-electron chi connectivity index (χ4n) is 3.28. The summed E-state index contributed by atoms with van der Waals surface area (Å²) >= 11 is 0. The summed E-state index contributed by atoms with van der Waals surface area (Å²) in [5.41, 5.74) is 2.37. The highest BCUT2D eigenvalue weighted by Gasteiger charge is 2.26. The van der Waals surface area contributed by atoms with Crippen molar-refractivity contribution in [3.05, 3.63) is 54.1 Å². The third-order valence-electron chi connectivity index (χ3n) is 4.78. The molecule has 0 saturated carbocycles. The Labute approximate surface area is 155 Å². The monoisotopic (exact) mass is 367 g/mol. The molecule has 0 atom stereocenters. The molecule has 0 bridgehead atoms. The number of amides is 2. The van der Waals surface area contributed by atoms with Crippen LogP contribution < -0.4 is 0 Å². The summed E-state index contributed by atoms with van der Waals surface area (Å²) < 4.78 is 14.8. The molecule has 138 valence electrons. The van der Waals surface area contributed by atoms with Crippen molar-refractivity contribution in [3.8, 4) is 11.3 Å². The normalized spacial score (nSPS) is 14.6. The Morgan fingerprint density at radius 1 is 1.00 bits per heavy atom. The predicted octanol–water partition coefficient (Wildman–Crippen LogP) is 1.84. The molecule has 0 N–H and O–H groups in total. The Hall–Kier alpha value is -3.29. The topological polar surface area (TPSA) is 70.8 Å². The van der Waals surface area contributed by atoms with E-state index in [9.17, 15) is 14.0 Å². The third-order valence-corrected chi connectivity index (χ3v) is 4.78. The minimum atomic E-state index is -0.315. The van der Waals surface area contributed by atoms with E-state index in [1.165, 1.54) is 25.3 Å². The lowest BCUT2D eigenvalue weighted by Crippen LogP contribution is -2.50. The molecular weight excluding hydrogens is 349 g/mol. The van der Waals surface area contributed by atoms with Gasteiger partial charge in [0.2, 0.25) is 5.91 Å². The maximum absolute atomic E-state index is 13.2. The fourth-order valence-corrected chi connectivity index (χ4v) is 3.28. The van der Waals surface area contributed by atoms with E-state index in [1.54, 1.807) is 38.7 Å². The van der Waals surface area contributed by atoms with Crippen LogP contribution in [0.15, 0.2) is 42.7 Å². The zero-order valence-electron chi connectivity index (χ0n) is 14.8. The highest BCUT2D eigenvalue weighted by atomic mass is 19.1. The third kappa shape index (κ3) is 3.14. The zero-order chi connectivity index (χ0) is 19.0. The van der Waals surface area contributed by atoms with Gasteiger partial charge in [0.15, 0.2) is 5.65 Å². The van der Waals surface area contributed by atoms with Gasteiger partial charge in [-0.1, -0.05) is 0 Å². The van der Waals surface area contributed by atoms with Crippen LogP contribution in [0.4, 0.5) is 4.39 Å². The average molecular weight is 367 g/mol. The maximum atomic E-state index is 13.2. The fraction of sp³-hybridized carbons (Fsp3) is 0.263. The molecule has 3 aromatic rings. The first kappa shape index (κ1) is 17.1. The molecule has 1 aromatic carbocycles. The number of hydrogen-bond acceptors (Lipinski definition) is 4. The number of rotatable bonds is 2. The Morgan fingerprint density at radius 2 is 1.67 bits per heavy atom. The smallest absolute Gasteiger partial charge is 0.259 e. The quantitative estimate of drug-likeness (QED) is 0.693. The minimum absolute atomic E-state index is 0.0173. The molecule has 2 amide bonds. The van der Waals surface area contributed by atoms with Crippen molar-refractivity contribution in [3.63, 3.8) is 0 Å². The molecule has 1 saturated heterocycles. The van der Waals surface area contributed by atoms with Crippen LogP contribution in [0.25, 0.3) is 16.9 Å². The van der Waals surface area contributed by atoms with Crippen LogP contribution in [-0.4, -0.2) is 62.4 Å². The van der Waals surface area contributed by atoms with Crippen molar-refractivity contribution in [1.82, 2.24) is 24.4 Å². The standard InChI is InChI=1S/C19H18FN5O2/c1-13(26)23-8-10-24(11-9-23)19(27)16-12-22-25-17(6-7-21-18(16)25)14-2-4-15(20)5-3-14/h2-7,12H,8-11H2,1H3. The zero-order valence-corrected chi connectivity index (χ0v) is 14.8. The second-order valence-corrected chi connectivity index (χ2v) is 6.43. The molecule has 3 heterocycles. The van der Waals surface area contributed by atoms with Crippen molar-refractivity contribution in [2.75, 3.05) is 26.2 Å². The van der Waals surface area contributed by atoms with E-state index in [4.69, 9.17) is 0 Å². The van der Waals surface area contributed by atoms with E-state index in [0.717, 1.165) is 11.3 Å². The number of aromatic nitrogens is 3. The number of carbonyl (C=O) groups excluding carboxylic acids is 2. The predicted molar refractivity (Wildman–Crippen MR) is 96.5 cm³/mol. The molecule has 4 rings (SSSR count). The lowest BCUT2D eigenvalue weighted by molar-refractivity contribution is -0.130. The summed E-state index contributed by atoms with van der Waals surface area (Å²) in [5, 5.41) is 4.32. The number of piperazine rings is 1. The number of nitrogens with zero attached hydrogens (tertiary/aromatic N) is 5. The SMILES string of the molecule is CC(=O)N1CCN(C(=O)c2cnn3c(-c4ccc(F)cc4)ccnc23)CC1. The summed E-state index contributed by atoms with van der Waals surface area (Å²) in [6.45, 7) is 3.54. The van der Waals surface area contributed by atoms with Gasteiger partial charge in [-0.05, 0) is 30.3 Å². The molecular formula is C19H18FN5O2. The van der Waals surface area contributed by atoms with Crippen LogP contribution in [0.5, 0.6) is 0 Å².